The maximum absolute atomic E-state index is 5.87. The van der Waals surface area contributed by atoms with Crippen LogP contribution in [0.15, 0.2) is 24.3 Å². The van der Waals surface area contributed by atoms with Gasteiger partial charge >= 0.3 is 0 Å². The Bertz CT molecular complexity index is 305. The van der Waals surface area contributed by atoms with Gasteiger partial charge in [0.25, 0.3) is 0 Å². The number of hydrogen-bond donors (Lipinski definition) is 1. The van der Waals surface area contributed by atoms with Gasteiger partial charge < -0.3 is 10.5 Å². The van der Waals surface area contributed by atoms with Gasteiger partial charge in [0.2, 0.25) is 0 Å². The molecule has 1 aromatic carbocycles. The molecule has 0 radical (unpaired) electrons. The molecule has 2 heteroatoms. The molecule has 0 heterocycles. The average molecular weight is 191 g/mol. The maximum Gasteiger partial charge on any atom is 0.124 e. The smallest absolute Gasteiger partial charge is 0.124 e. The van der Waals surface area contributed by atoms with Crippen LogP contribution in [-0.2, 0) is 0 Å². The van der Waals surface area contributed by atoms with Crippen molar-refractivity contribution in [3.8, 4) is 5.75 Å². The van der Waals surface area contributed by atoms with Gasteiger partial charge in [-0.05, 0) is 32.3 Å². The van der Waals surface area contributed by atoms with Crippen molar-refractivity contribution in [2.75, 3.05) is 0 Å². The Morgan fingerprint density at radius 2 is 2.07 bits per heavy atom. The van der Waals surface area contributed by atoms with E-state index in [0.29, 0.717) is 6.10 Å². The molecule has 0 unspecified atom stereocenters. The Kier molecular flexibility index (Phi) is 2.73. The average Bonchev–Trinajstić information content (AvgIpc) is 2.12. The summed E-state index contributed by atoms with van der Waals surface area (Å²) >= 11 is 0. The van der Waals surface area contributed by atoms with Gasteiger partial charge in [0.1, 0.15) is 5.75 Å². The summed E-state index contributed by atoms with van der Waals surface area (Å²) in [7, 11) is 0. The van der Waals surface area contributed by atoms with E-state index in [0.717, 1.165) is 11.3 Å². The molecule has 0 aliphatic heterocycles. The summed E-state index contributed by atoms with van der Waals surface area (Å²) in [4.78, 5) is 0. The van der Waals surface area contributed by atoms with E-state index in [9.17, 15) is 0 Å². The summed E-state index contributed by atoms with van der Waals surface area (Å²) in [6.45, 7) is 1.99. The fourth-order valence-electron chi connectivity index (χ4n) is 1.63. The van der Waals surface area contributed by atoms with E-state index in [1.165, 1.54) is 19.3 Å². The third-order valence-corrected chi connectivity index (χ3v) is 2.76. The van der Waals surface area contributed by atoms with Crippen molar-refractivity contribution < 1.29 is 4.74 Å². The maximum atomic E-state index is 5.87. The zero-order valence-corrected chi connectivity index (χ0v) is 8.57. The molecule has 1 saturated carbocycles. The first-order chi connectivity index (χ1) is 6.77. The van der Waals surface area contributed by atoms with Gasteiger partial charge in [0.15, 0.2) is 0 Å². The Morgan fingerprint density at radius 1 is 1.36 bits per heavy atom. The standard InChI is InChI=1S/C12H17NO/c1-9(13)11-7-2-3-8-12(11)14-10-5-4-6-10/h2-3,7-10H,4-6,13H2,1H3/t9-/m1/s1. The first-order valence-corrected chi connectivity index (χ1v) is 5.28. The molecule has 14 heavy (non-hydrogen) atoms. The molecule has 1 aliphatic carbocycles. The van der Waals surface area contributed by atoms with Gasteiger partial charge in [0, 0.05) is 11.6 Å². The van der Waals surface area contributed by atoms with Crippen molar-refractivity contribution in [2.24, 2.45) is 5.73 Å². The Balaban J connectivity index is 2.13. The second-order valence-corrected chi connectivity index (χ2v) is 4.00. The van der Waals surface area contributed by atoms with E-state index in [1.54, 1.807) is 0 Å². The molecule has 2 N–H and O–H groups in total. The molecule has 0 aromatic heterocycles. The van der Waals surface area contributed by atoms with Gasteiger partial charge in [-0.15, -0.1) is 0 Å². The highest BCUT2D eigenvalue weighted by Crippen LogP contribution is 2.29. The summed E-state index contributed by atoms with van der Waals surface area (Å²) in [5.74, 6) is 0.965. The fraction of sp³-hybridized carbons (Fsp3) is 0.500. The van der Waals surface area contributed by atoms with E-state index >= 15 is 0 Å². The van der Waals surface area contributed by atoms with Crippen molar-refractivity contribution >= 4 is 0 Å². The number of para-hydroxylation sites is 1. The van der Waals surface area contributed by atoms with E-state index in [-0.39, 0.29) is 6.04 Å². The predicted octanol–water partition coefficient (Wildman–Crippen LogP) is 2.64. The second kappa shape index (κ2) is 4.01. The molecule has 0 spiro atoms. The topological polar surface area (TPSA) is 35.2 Å². The molecule has 1 aromatic rings. The molecule has 2 nitrogen and oxygen atoms in total. The number of ether oxygens (including phenoxy) is 1. The van der Waals surface area contributed by atoms with E-state index in [4.69, 9.17) is 10.5 Å². The van der Waals surface area contributed by atoms with Crippen LogP contribution in [-0.4, -0.2) is 6.10 Å². The number of nitrogens with two attached hydrogens (primary N) is 1. The Hall–Kier alpha value is -1.02. The third-order valence-electron chi connectivity index (χ3n) is 2.76. The molecule has 0 amide bonds. The largest absolute Gasteiger partial charge is 0.490 e. The first kappa shape index (κ1) is 9.53. The summed E-state index contributed by atoms with van der Waals surface area (Å²) in [5, 5.41) is 0. The fourth-order valence-corrected chi connectivity index (χ4v) is 1.63. The van der Waals surface area contributed by atoms with Gasteiger partial charge in [0.05, 0.1) is 6.10 Å². The summed E-state index contributed by atoms with van der Waals surface area (Å²) < 4.78 is 5.86. The number of rotatable bonds is 3. The van der Waals surface area contributed by atoms with Crippen LogP contribution >= 0.6 is 0 Å². The molecule has 1 atom stereocenters. The lowest BCUT2D eigenvalue weighted by atomic mass is 9.96. The van der Waals surface area contributed by atoms with Gasteiger partial charge in [-0.25, -0.2) is 0 Å². The van der Waals surface area contributed by atoms with Crippen molar-refractivity contribution in [3.05, 3.63) is 29.8 Å². The zero-order valence-electron chi connectivity index (χ0n) is 8.57. The highest BCUT2D eigenvalue weighted by Gasteiger charge is 2.20. The lowest BCUT2D eigenvalue weighted by Gasteiger charge is -2.28. The minimum Gasteiger partial charge on any atom is -0.490 e. The predicted molar refractivity (Wildman–Crippen MR) is 57.3 cm³/mol. The van der Waals surface area contributed by atoms with E-state index < -0.39 is 0 Å². The zero-order chi connectivity index (χ0) is 9.97. The van der Waals surface area contributed by atoms with Crippen molar-refractivity contribution in [2.45, 2.75) is 38.3 Å². The Morgan fingerprint density at radius 3 is 2.64 bits per heavy atom. The lowest BCUT2D eigenvalue weighted by Crippen LogP contribution is -2.25. The van der Waals surface area contributed by atoms with Crippen LogP contribution in [0.25, 0.3) is 0 Å². The van der Waals surface area contributed by atoms with Crippen LogP contribution < -0.4 is 10.5 Å². The number of benzene rings is 1. The number of hydrogen-bond acceptors (Lipinski definition) is 2. The van der Waals surface area contributed by atoms with Crippen LogP contribution in [0.5, 0.6) is 5.75 Å². The van der Waals surface area contributed by atoms with Crippen LogP contribution in [0.3, 0.4) is 0 Å². The van der Waals surface area contributed by atoms with E-state index in [1.807, 2.05) is 31.2 Å². The van der Waals surface area contributed by atoms with Crippen LogP contribution in [0.4, 0.5) is 0 Å². The molecule has 2 rings (SSSR count). The molecule has 1 aliphatic rings. The minimum absolute atomic E-state index is 0.0475. The normalized spacial score (nSPS) is 18.7. The van der Waals surface area contributed by atoms with Crippen molar-refractivity contribution in [1.29, 1.82) is 0 Å². The first-order valence-electron chi connectivity index (χ1n) is 5.28. The van der Waals surface area contributed by atoms with Crippen molar-refractivity contribution in [3.63, 3.8) is 0 Å². The highest BCUT2D eigenvalue weighted by atomic mass is 16.5. The molecular formula is C12H17NO. The van der Waals surface area contributed by atoms with Crippen LogP contribution in [0, 0.1) is 0 Å². The Labute approximate surface area is 85.1 Å². The van der Waals surface area contributed by atoms with Gasteiger partial charge in [-0.2, -0.15) is 0 Å². The molecule has 1 fully saturated rings. The van der Waals surface area contributed by atoms with Gasteiger partial charge in [-0.3, -0.25) is 0 Å². The van der Waals surface area contributed by atoms with Crippen LogP contribution in [0.2, 0.25) is 0 Å². The highest BCUT2D eigenvalue weighted by molar-refractivity contribution is 5.35. The molecular weight excluding hydrogens is 174 g/mol. The summed E-state index contributed by atoms with van der Waals surface area (Å²) in [6.07, 6.45) is 4.10. The third kappa shape index (κ3) is 1.90. The molecule has 76 valence electrons. The minimum atomic E-state index is 0.0475. The van der Waals surface area contributed by atoms with Crippen LogP contribution in [0.1, 0.15) is 37.8 Å². The summed E-state index contributed by atoms with van der Waals surface area (Å²) in [6, 6.07) is 8.10. The molecule has 0 bridgehead atoms. The monoisotopic (exact) mass is 191 g/mol. The molecule has 0 saturated heterocycles. The second-order valence-electron chi connectivity index (χ2n) is 4.00. The van der Waals surface area contributed by atoms with Crippen molar-refractivity contribution in [1.82, 2.24) is 0 Å². The van der Waals surface area contributed by atoms with Gasteiger partial charge in [-0.1, -0.05) is 18.2 Å². The van der Waals surface area contributed by atoms with E-state index in [2.05, 4.69) is 0 Å². The SMILES string of the molecule is C[C@@H](N)c1ccccc1OC1CCC1. The quantitative estimate of drug-likeness (QED) is 0.797. The lowest BCUT2D eigenvalue weighted by molar-refractivity contribution is 0.118. The summed E-state index contributed by atoms with van der Waals surface area (Å²) in [5.41, 5.74) is 6.98.